The highest BCUT2D eigenvalue weighted by atomic mass is 79.9. The third-order valence-corrected chi connectivity index (χ3v) is 6.28. The van der Waals surface area contributed by atoms with E-state index in [1.54, 1.807) is 0 Å². The fourth-order valence-electron chi connectivity index (χ4n) is 4.37. The Kier molecular flexibility index (Phi) is 6.16. The van der Waals surface area contributed by atoms with Gasteiger partial charge in [-0.1, -0.05) is 58.4 Å². The first-order chi connectivity index (χ1) is 15.4. The van der Waals surface area contributed by atoms with Crippen LogP contribution in [0.15, 0.2) is 83.3 Å². The summed E-state index contributed by atoms with van der Waals surface area (Å²) in [6.45, 7) is 0. The molecule has 4 unspecified atom stereocenters. The molecular formula is C24H19BrN2O5. The maximum atomic E-state index is 13.7. The predicted octanol–water partition coefficient (Wildman–Crippen LogP) is 4.74. The van der Waals surface area contributed by atoms with Crippen molar-refractivity contribution < 1.29 is 19.6 Å². The maximum Gasteiger partial charge on any atom is 0.321 e. The fraction of sp³-hybridized carbons (Fsp3) is 0.167. The molecule has 3 aromatic rings. The molecule has 4 rings (SSSR count). The Bertz CT molecular complexity index is 1170. The van der Waals surface area contributed by atoms with E-state index in [1.165, 1.54) is 24.3 Å². The van der Waals surface area contributed by atoms with Crippen molar-refractivity contribution in [3.8, 4) is 0 Å². The summed E-state index contributed by atoms with van der Waals surface area (Å²) in [5.41, 5.74) is 1.71. The van der Waals surface area contributed by atoms with E-state index in [4.69, 9.17) is 0 Å². The number of Topliss-reactive ketones (excluding diaryl/α,β-unsaturated/α-hetero) is 1. The second-order valence-electron chi connectivity index (χ2n) is 7.65. The van der Waals surface area contributed by atoms with Gasteiger partial charge in [0.15, 0.2) is 5.78 Å². The molecule has 3 aromatic carbocycles. The van der Waals surface area contributed by atoms with Crippen molar-refractivity contribution in [1.29, 1.82) is 0 Å². The average molecular weight is 495 g/mol. The van der Waals surface area contributed by atoms with E-state index >= 15 is 0 Å². The first kappa shape index (κ1) is 21.9. The number of carbonyl (C=O) groups excluding carboxylic acids is 1. The van der Waals surface area contributed by atoms with Crippen LogP contribution in [0, 0.1) is 16.0 Å². The molecule has 0 aromatic heterocycles. The summed E-state index contributed by atoms with van der Waals surface area (Å²) in [5.74, 6) is -2.68. The van der Waals surface area contributed by atoms with Crippen molar-refractivity contribution >= 4 is 33.4 Å². The van der Waals surface area contributed by atoms with Crippen LogP contribution in [0.2, 0.25) is 0 Å². The van der Waals surface area contributed by atoms with Crippen LogP contribution in [0.1, 0.15) is 33.4 Å². The lowest BCUT2D eigenvalue weighted by Crippen LogP contribution is -2.35. The highest BCUT2D eigenvalue weighted by Crippen LogP contribution is 2.45. The largest absolute Gasteiger partial charge is 0.480 e. The predicted molar refractivity (Wildman–Crippen MR) is 122 cm³/mol. The third kappa shape index (κ3) is 4.19. The van der Waals surface area contributed by atoms with Gasteiger partial charge in [-0.3, -0.25) is 25.0 Å². The number of non-ortho nitro benzene ring substituents is 1. The van der Waals surface area contributed by atoms with Crippen molar-refractivity contribution in [2.75, 3.05) is 0 Å². The Labute approximate surface area is 192 Å². The van der Waals surface area contributed by atoms with Crippen LogP contribution in [0.5, 0.6) is 0 Å². The summed E-state index contributed by atoms with van der Waals surface area (Å²) in [6, 6.07) is 20.4. The Balaban J connectivity index is 1.83. The van der Waals surface area contributed by atoms with Gasteiger partial charge in [0.05, 0.1) is 10.8 Å². The van der Waals surface area contributed by atoms with Crippen LogP contribution >= 0.6 is 15.9 Å². The SMILES string of the molecule is O=C(O)C1NC(c2ccccc2)C(C(=O)c2ccc([N+](=O)[O-])cc2)C1c1cccc(Br)c1. The van der Waals surface area contributed by atoms with Crippen molar-refractivity contribution in [3.63, 3.8) is 0 Å². The van der Waals surface area contributed by atoms with Crippen molar-refractivity contribution in [1.82, 2.24) is 5.32 Å². The normalized spacial score (nSPS) is 22.4. The van der Waals surface area contributed by atoms with E-state index in [0.717, 1.165) is 15.6 Å². The highest BCUT2D eigenvalue weighted by molar-refractivity contribution is 9.10. The molecule has 2 N–H and O–H groups in total. The lowest BCUT2D eigenvalue weighted by atomic mass is 9.76. The minimum atomic E-state index is -1.05. The summed E-state index contributed by atoms with van der Waals surface area (Å²) < 4.78 is 0.781. The number of nitrogens with zero attached hydrogens (tertiary/aromatic N) is 1. The molecule has 1 aliphatic rings. The lowest BCUT2D eigenvalue weighted by Gasteiger charge is -2.24. The molecular weight excluding hydrogens is 476 g/mol. The Morgan fingerprint density at radius 1 is 0.938 bits per heavy atom. The fourth-order valence-corrected chi connectivity index (χ4v) is 4.79. The van der Waals surface area contributed by atoms with E-state index in [2.05, 4.69) is 21.2 Å². The lowest BCUT2D eigenvalue weighted by molar-refractivity contribution is -0.384. The molecule has 0 radical (unpaired) electrons. The second kappa shape index (κ2) is 9.02. The zero-order valence-electron chi connectivity index (χ0n) is 16.7. The van der Waals surface area contributed by atoms with Gasteiger partial charge in [-0.2, -0.15) is 0 Å². The molecule has 0 amide bonds. The van der Waals surface area contributed by atoms with E-state index in [-0.39, 0.29) is 11.5 Å². The van der Waals surface area contributed by atoms with Gasteiger partial charge < -0.3 is 5.11 Å². The van der Waals surface area contributed by atoms with Crippen molar-refractivity contribution in [2.24, 2.45) is 5.92 Å². The second-order valence-corrected chi connectivity index (χ2v) is 8.56. The monoisotopic (exact) mass is 494 g/mol. The Morgan fingerprint density at radius 3 is 2.19 bits per heavy atom. The van der Waals surface area contributed by atoms with Gasteiger partial charge in [0.1, 0.15) is 6.04 Å². The Morgan fingerprint density at radius 2 is 1.59 bits per heavy atom. The minimum Gasteiger partial charge on any atom is -0.480 e. The van der Waals surface area contributed by atoms with Gasteiger partial charge >= 0.3 is 5.97 Å². The number of nitro groups is 1. The van der Waals surface area contributed by atoms with Crippen LogP contribution in [-0.4, -0.2) is 27.8 Å². The number of benzene rings is 3. The van der Waals surface area contributed by atoms with Gasteiger partial charge in [-0.15, -0.1) is 0 Å². The van der Waals surface area contributed by atoms with Crippen LogP contribution in [0.3, 0.4) is 0 Å². The quantitative estimate of drug-likeness (QED) is 0.291. The number of halogens is 1. The van der Waals surface area contributed by atoms with Gasteiger partial charge in [-0.05, 0) is 35.4 Å². The minimum absolute atomic E-state index is 0.113. The summed E-state index contributed by atoms with van der Waals surface area (Å²) in [7, 11) is 0. The van der Waals surface area contributed by atoms with E-state index in [1.807, 2.05) is 54.6 Å². The highest BCUT2D eigenvalue weighted by Gasteiger charge is 2.50. The van der Waals surface area contributed by atoms with E-state index in [9.17, 15) is 24.8 Å². The molecule has 7 nitrogen and oxygen atoms in total. The molecule has 8 heteroatoms. The van der Waals surface area contributed by atoms with Crippen LogP contribution in [-0.2, 0) is 4.79 Å². The number of hydrogen-bond donors (Lipinski definition) is 2. The maximum absolute atomic E-state index is 13.7. The number of ketones is 1. The topological polar surface area (TPSA) is 110 Å². The smallest absolute Gasteiger partial charge is 0.321 e. The summed E-state index contributed by atoms with van der Waals surface area (Å²) in [5, 5.41) is 24.2. The number of carbonyl (C=O) groups is 2. The number of hydrogen-bond acceptors (Lipinski definition) is 5. The third-order valence-electron chi connectivity index (χ3n) is 5.79. The van der Waals surface area contributed by atoms with E-state index < -0.39 is 34.8 Å². The van der Waals surface area contributed by atoms with Gasteiger partial charge in [-0.25, -0.2) is 0 Å². The van der Waals surface area contributed by atoms with Crippen molar-refractivity contribution in [3.05, 3.63) is 110 Å². The zero-order valence-corrected chi connectivity index (χ0v) is 18.3. The number of nitrogens with one attached hydrogen (secondary N) is 1. The molecule has 1 heterocycles. The average Bonchev–Trinajstić information content (AvgIpc) is 3.20. The molecule has 1 aliphatic heterocycles. The van der Waals surface area contributed by atoms with Gasteiger partial charge in [0, 0.05) is 34.1 Å². The molecule has 0 saturated carbocycles. The number of rotatable bonds is 6. The summed E-state index contributed by atoms with van der Waals surface area (Å²) in [4.78, 5) is 36.4. The molecule has 1 saturated heterocycles. The van der Waals surface area contributed by atoms with Crippen LogP contribution in [0.4, 0.5) is 5.69 Å². The first-order valence-corrected chi connectivity index (χ1v) is 10.7. The molecule has 32 heavy (non-hydrogen) atoms. The molecule has 0 aliphatic carbocycles. The number of aliphatic carboxylic acids is 1. The summed E-state index contributed by atoms with van der Waals surface area (Å²) >= 11 is 3.43. The van der Waals surface area contributed by atoms with Gasteiger partial charge in [0.25, 0.3) is 5.69 Å². The molecule has 0 bridgehead atoms. The number of nitro benzene ring substituents is 1. The molecule has 4 atom stereocenters. The number of carboxylic acids is 1. The molecule has 0 spiro atoms. The number of carboxylic acid groups (broad SMARTS) is 1. The molecule has 162 valence electrons. The van der Waals surface area contributed by atoms with E-state index in [0.29, 0.717) is 5.56 Å². The molecule has 1 fully saturated rings. The Hall–Kier alpha value is -3.36. The zero-order chi connectivity index (χ0) is 22.8. The van der Waals surface area contributed by atoms with Crippen molar-refractivity contribution in [2.45, 2.75) is 18.0 Å². The standard InChI is InChI=1S/C24H19BrN2O5/c25-17-8-4-7-16(13-17)19-20(23(28)15-9-11-18(12-10-15)27(31)32)21(26-22(19)24(29)30)14-5-2-1-3-6-14/h1-13,19-22,26H,(H,29,30). The van der Waals surface area contributed by atoms with Crippen LogP contribution in [0.25, 0.3) is 0 Å². The van der Waals surface area contributed by atoms with Gasteiger partial charge in [0.2, 0.25) is 0 Å². The van der Waals surface area contributed by atoms with Crippen LogP contribution < -0.4 is 5.32 Å². The first-order valence-electron chi connectivity index (χ1n) is 9.95. The summed E-state index contributed by atoms with van der Waals surface area (Å²) in [6.07, 6.45) is 0.